The summed E-state index contributed by atoms with van der Waals surface area (Å²) < 4.78 is 76.5. The van der Waals surface area contributed by atoms with E-state index < -0.39 is 71.8 Å². The van der Waals surface area contributed by atoms with Crippen molar-refractivity contribution < 1.29 is 41.0 Å². The molecule has 28 heavy (non-hydrogen) atoms. The maximum absolute atomic E-state index is 13.5. The van der Waals surface area contributed by atoms with Crippen LogP contribution in [0.25, 0.3) is 0 Å². The Hall–Kier alpha value is -3.14. The smallest absolute Gasteiger partial charge is 0.434 e. The molecule has 0 aliphatic heterocycles. The first-order chi connectivity index (χ1) is 13.1. The SMILES string of the molecule is C#CCOC(=O)c1c(C(F)F)nc(C(F)(F)F)c(C(=O)OCC#C)c1C1CC1. The predicted octanol–water partition coefficient (Wildman–Crippen LogP) is 3.50. The summed E-state index contributed by atoms with van der Waals surface area (Å²) in [5.74, 6) is 0.176. The fraction of sp³-hybridized carbons (Fsp3) is 0.389. The van der Waals surface area contributed by atoms with Gasteiger partial charge in [0.2, 0.25) is 0 Å². The molecule has 1 aromatic heterocycles. The molecule has 1 heterocycles. The lowest BCUT2D eigenvalue weighted by molar-refractivity contribution is -0.142. The van der Waals surface area contributed by atoms with E-state index in [1.54, 1.807) is 0 Å². The molecule has 5 nitrogen and oxygen atoms in total. The average molecular weight is 401 g/mol. The van der Waals surface area contributed by atoms with Crippen LogP contribution in [0.2, 0.25) is 0 Å². The van der Waals surface area contributed by atoms with Crippen LogP contribution in [0.3, 0.4) is 0 Å². The Labute approximate surface area is 156 Å². The van der Waals surface area contributed by atoms with Gasteiger partial charge in [0.25, 0.3) is 6.43 Å². The zero-order chi connectivity index (χ0) is 21.1. The quantitative estimate of drug-likeness (QED) is 0.415. The minimum absolute atomic E-state index is 0.273. The second-order valence-corrected chi connectivity index (χ2v) is 5.64. The van der Waals surface area contributed by atoms with E-state index in [1.807, 2.05) is 11.8 Å². The van der Waals surface area contributed by atoms with E-state index in [0.29, 0.717) is 0 Å². The molecule has 0 spiro atoms. The molecular formula is C18H12F5NO4. The Morgan fingerprint density at radius 3 is 1.96 bits per heavy atom. The van der Waals surface area contributed by atoms with Crippen LogP contribution in [0.5, 0.6) is 0 Å². The lowest BCUT2D eigenvalue weighted by atomic mass is 9.93. The normalized spacial score (nSPS) is 13.6. The minimum Gasteiger partial charge on any atom is -0.449 e. The van der Waals surface area contributed by atoms with Crippen LogP contribution < -0.4 is 0 Å². The molecule has 0 N–H and O–H groups in total. The Bertz CT molecular complexity index is 876. The number of carbonyl (C=O) groups is 2. The maximum atomic E-state index is 13.5. The van der Waals surface area contributed by atoms with Crippen molar-refractivity contribution >= 4 is 11.9 Å². The highest BCUT2D eigenvalue weighted by molar-refractivity contribution is 6.00. The molecule has 0 unspecified atom stereocenters. The van der Waals surface area contributed by atoms with Gasteiger partial charge in [-0.1, -0.05) is 11.8 Å². The summed E-state index contributed by atoms with van der Waals surface area (Å²) in [5, 5.41) is 0. The van der Waals surface area contributed by atoms with Gasteiger partial charge in [0.05, 0.1) is 11.1 Å². The van der Waals surface area contributed by atoms with Gasteiger partial charge in [-0.15, -0.1) is 12.8 Å². The van der Waals surface area contributed by atoms with Crippen molar-refractivity contribution in [2.75, 3.05) is 13.2 Å². The number of nitrogens with zero attached hydrogens (tertiary/aromatic N) is 1. The third-order valence-electron chi connectivity index (χ3n) is 3.71. The number of alkyl halides is 5. The molecule has 0 saturated heterocycles. The number of esters is 2. The van der Waals surface area contributed by atoms with E-state index >= 15 is 0 Å². The largest absolute Gasteiger partial charge is 0.449 e. The maximum Gasteiger partial charge on any atom is 0.434 e. The molecule has 1 aliphatic rings. The number of terminal acetylenes is 2. The van der Waals surface area contributed by atoms with Crippen molar-refractivity contribution in [3.8, 4) is 24.7 Å². The summed E-state index contributed by atoms with van der Waals surface area (Å²) in [6, 6.07) is 0. The van der Waals surface area contributed by atoms with E-state index in [1.165, 1.54) is 0 Å². The van der Waals surface area contributed by atoms with Crippen LogP contribution in [-0.4, -0.2) is 30.1 Å². The predicted molar refractivity (Wildman–Crippen MR) is 84.4 cm³/mol. The van der Waals surface area contributed by atoms with Gasteiger partial charge in [0, 0.05) is 0 Å². The molecule has 148 valence electrons. The number of hydrogen-bond donors (Lipinski definition) is 0. The van der Waals surface area contributed by atoms with Crippen LogP contribution in [0.4, 0.5) is 22.0 Å². The Morgan fingerprint density at radius 1 is 1.07 bits per heavy atom. The average Bonchev–Trinajstić information content (AvgIpc) is 3.46. The van der Waals surface area contributed by atoms with Crippen LogP contribution in [0, 0.1) is 24.7 Å². The molecule has 1 saturated carbocycles. The summed E-state index contributed by atoms with van der Waals surface area (Å²) >= 11 is 0. The topological polar surface area (TPSA) is 65.5 Å². The van der Waals surface area contributed by atoms with Gasteiger partial charge in [-0.3, -0.25) is 0 Å². The molecule has 1 aromatic rings. The number of carbonyl (C=O) groups excluding carboxylic acids is 2. The zero-order valence-corrected chi connectivity index (χ0v) is 14.1. The van der Waals surface area contributed by atoms with Crippen LogP contribution in [0.1, 0.15) is 62.9 Å². The number of ether oxygens (including phenoxy) is 2. The van der Waals surface area contributed by atoms with Crippen molar-refractivity contribution in [2.45, 2.75) is 31.4 Å². The van der Waals surface area contributed by atoms with Crippen molar-refractivity contribution in [3.63, 3.8) is 0 Å². The third kappa shape index (κ3) is 4.39. The van der Waals surface area contributed by atoms with E-state index in [4.69, 9.17) is 12.8 Å². The van der Waals surface area contributed by atoms with Crippen molar-refractivity contribution in [3.05, 3.63) is 28.1 Å². The summed E-state index contributed by atoms with van der Waals surface area (Å²) in [6.07, 6.45) is 1.61. The Balaban J connectivity index is 2.83. The lowest BCUT2D eigenvalue weighted by Crippen LogP contribution is -2.25. The molecule has 1 fully saturated rings. The van der Waals surface area contributed by atoms with Crippen LogP contribution in [-0.2, 0) is 15.7 Å². The number of pyridine rings is 1. The summed E-state index contributed by atoms with van der Waals surface area (Å²) in [4.78, 5) is 27.4. The highest BCUT2D eigenvalue weighted by Crippen LogP contribution is 2.48. The number of hydrogen-bond acceptors (Lipinski definition) is 5. The highest BCUT2D eigenvalue weighted by Gasteiger charge is 2.46. The Morgan fingerprint density at radius 2 is 1.57 bits per heavy atom. The molecule has 0 aromatic carbocycles. The second kappa shape index (κ2) is 8.26. The number of aromatic nitrogens is 1. The monoisotopic (exact) mass is 401 g/mol. The van der Waals surface area contributed by atoms with Crippen molar-refractivity contribution in [2.24, 2.45) is 0 Å². The highest BCUT2D eigenvalue weighted by atomic mass is 19.4. The van der Waals surface area contributed by atoms with Gasteiger partial charge >= 0.3 is 18.1 Å². The van der Waals surface area contributed by atoms with Gasteiger partial charge in [0.15, 0.2) is 18.9 Å². The first-order valence-electron chi connectivity index (χ1n) is 7.77. The zero-order valence-electron chi connectivity index (χ0n) is 14.1. The van der Waals surface area contributed by atoms with E-state index in [-0.39, 0.29) is 12.8 Å². The first kappa shape index (κ1) is 21.2. The van der Waals surface area contributed by atoms with Gasteiger partial charge in [-0.2, -0.15) is 13.2 Å². The molecule has 0 bridgehead atoms. The van der Waals surface area contributed by atoms with Crippen molar-refractivity contribution in [1.29, 1.82) is 0 Å². The summed E-state index contributed by atoms with van der Waals surface area (Å²) in [5.41, 5.74) is -5.89. The lowest BCUT2D eigenvalue weighted by Gasteiger charge is -2.20. The standard InChI is InChI=1S/C18H12F5NO4/c1-3-7-27-16(25)11-10(9-5-6-9)12(17(26)28-8-4-2)14(18(21,22)23)24-13(11)15(19)20/h1-2,9,15H,5-8H2. The van der Waals surface area contributed by atoms with Crippen molar-refractivity contribution in [1.82, 2.24) is 4.98 Å². The Kier molecular flexibility index (Phi) is 6.24. The molecule has 0 atom stereocenters. The first-order valence-corrected chi connectivity index (χ1v) is 7.77. The van der Waals surface area contributed by atoms with Gasteiger partial charge in [-0.25, -0.2) is 23.4 Å². The number of halogens is 5. The van der Waals surface area contributed by atoms with Crippen LogP contribution >= 0.6 is 0 Å². The van der Waals surface area contributed by atoms with Gasteiger partial charge in [0.1, 0.15) is 5.69 Å². The van der Waals surface area contributed by atoms with E-state index in [9.17, 15) is 31.5 Å². The molecule has 2 rings (SSSR count). The molecule has 0 amide bonds. The molecular weight excluding hydrogens is 389 g/mol. The fourth-order valence-electron chi connectivity index (χ4n) is 2.55. The number of rotatable bonds is 6. The van der Waals surface area contributed by atoms with E-state index in [0.717, 1.165) is 0 Å². The summed E-state index contributed by atoms with van der Waals surface area (Å²) in [6.45, 7) is -1.27. The fourth-order valence-corrected chi connectivity index (χ4v) is 2.55. The summed E-state index contributed by atoms with van der Waals surface area (Å²) in [7, 11) is 0. The molecule has 0 radical (unpaired) electrons. The van der Waals surface area contributed by atoms with Gasteiger partial charge < -0.3 is 9.47 Å². The minimum atomic E-state index is -5.26. The second-order valence-electron chi connectivity index (χ2n) is 5.64. The van der Waals surface area contributed by atoms with Crippen LogP contribution in [0.15, 0.2) is 0 Å². The molecule has 1 aliphatic carbocycles. The van der Waals surface area contributed by atoms with E-state index in [2.05, 4.69) is 14.5 Å². The van der Waals surface area contributed by atoms with Gasteiger partial charge in [-0.05, 0) is 24.3 Å². The molecule has 10 heteroatoms. The third-order valence-corrected chi connectivity index (χ3v) is 3.71.